The Morgan fingerprint density at radius 3 is 2.00 bits per heavy atom. The van der Waals surface area contributed by atoms with Crippen molar-refractivity contribution in [3.05, 3.63) is 23.3 Å². The van der Waals surface area contributed by atoms with Gasteiger partial charge in [-0.15, -0.1) is 0 Å². The van der Waals surface area contributed by atoms with Gasteiger partial charge in [-0.3, -0.25) is 4.90 Å². The summed E-state index contributed by atoms with van der Waals surface area (Å²) in [6, 6.07) is 0. The van der Waals surface area contributed by atoms with E-state index in [1.54, 1.807) is 11.1 Å². The summed E-state index contributed by atoms with van der Waals surface area (Å²) in [5.74, 6) is 0. The van der Waals surface area contributed by atoms with Crippen LogP contribution in [0.3, 0.4) is 0 Å². The van der Waals surface area contributed by atoms with Gasteiger partial charge in [0.1, 0.15) is 0 Å². The maximum absolute atomic E-state index is 2.53. The lowest BCUT2D eigenvalue weighted by atomic mass is 10.1. The summed E-state index contributed by atoms with van der Waals surface area (Å²) >= 11 is 0. The summed E-state index contributed by atoms with van der Waals surface area (Å²) in [6.45, 7) is 9.18. The molecule has 1 heterocycles. The van der Waals surface area contributed by atoms with Gasteiger partial charge in [0.2, 0.25) is 0 Å². The summed E-state index contributed by atoms with van der Waals surface area (Å²) in [5, 5.41) is 0. The average molecular weight is 163 g/mol. The van der Waals surface area contributed by atoms with Gasteiger partial charge in [-0.1, -0.05) is 12.2 Å². The van der Waals surface area contributed by atoms with Crippen molar-refractivity contribution in [3.63, 3.8) is 0 Å². The lowest BCUT2D eigenvalue weighted by molar-refractivity contribution is 0.184. The van der Waals surface area contributed by atoms with Crippen molar-refractivity contribution in [2.24, 2.45) is 0 Å². The summed E-state index contributed by atoms with van der Waals surface area (Å²) in [4.78, 5) is 2.53. The molecule has 12 heavy (non-hydrogen) atoms. The molecule has 1 heteroatoms. The first-order valence-electron chi connectivity index (χ1n) is 4.71. The van der Waals surface area contributed by atoms with E-state index in [0.29, 0.717) is 5.54 Å². The number of likely N-dealkylation sites (tertiary alicyclic amines) is 1. The number of hydrogen-bond acceptors (Lipinski definition) is 1. The van der Waals surface area contributed by atoms with Crippen molar-refractivity contribution in [2.45, 2.75) is 32.7 Å². The zero-order valence-electron chi connectivity index (χ0n) is 8.22. The van der Waals surface area contributed by atoms with Gasteiger partial charge in [0.05, 0.1) is 0 Å². The van der Waals surface area contributed by atoms with Crippen molar-refractivity contribution >= 4 is 0 Å². The SMILES string of the molecule is CC(C)(C)N1CC2=CCC=C2C1. The van der Waals surface area contributed by atoms with E-state index in [1.807, 2.05) is 0 Å². The Morgan fingerprint density at radius 1 is 1.08 bits per heavy atom. The largest absolute Gasteiger partial charge is 0.290 e. The molecule has 0 aromatic heterocycles. The fraction of sp³-hybridized carbons (Fsp3) is 0.636. The summed E-state index contributed by atoms with van der Waals surface area (Å²) in [6.07, 6.45) is 5.89. The maximum Gasteiger partial charge on any atom is 0.0242 e. The fourth-order valence-corrected chi connectivity index (χ4v) is 1.88. The quantitative estimate of drug-likeness (QED) is 0.530. The molecule has 0 aromatic carbocycles. The third-order valence-corrected chi connectivity index (χ3v) is 2.81. The van der Waals surface area contributed by atoms with Gasteiger partial charge in [-0.2, -0.15) is 0 Å². The fourth-order valence-electron chi connectivity index (χ4n) is 1.88. The molecule has 0 N–H and O–H groups in total. The number of rotatable bonds is 0. The van der Waals surface area contributed by atoms with E-state index in [-0.39, 0.29) is 0 Å². The molecule has 66 valence electrons. The second-order valence-electron chi connectivity index (χ2n) is 4.72. The molecule has 0 amide bonds. The normalized spacial score (nSPS) is 23.9. The highest BCUT2D eigenvalue weighted by molar-refractivity contribution is 5.43. The van der Waals surface area contributed by atoms with Gasteiger partial charge in [0.15, 0.2) is 0 Å². The number of allylic oxidation sites excluding steroid dienone is 2. The predicted molar refractivity (Wildman–Crippen MR) is 52.1 cm³/mol. The zero-order valence-corrected chi connectivity index (χ0v) is 8.22. The van der Waals surface area contributed by atoms with Crippen LogP contribution in [-0.2, 0) is 0 Å². The van der Waals surface area contributed by atoms with Crippen LogP contribution in [0.15, 0.2) is 23.3 Å². The predicted octanol–water partition coefficient (Wildman–Crippen LogP) is 2.36. The highest BCUT2D eigenvalue weighted by Gasteiger charge is 2.30. The first-order chi connectivity index (χ1) is 5.57. The Bertz CT molecular complexity index is 233. The minimum atomic E-state index is 0.325. The molecule has 0 atom stereocenters. The lowest BCUT2D eigenvalue weighted by Crippen LogP contribution is -2.39. The molecular formula is C11H17N. The van der Waals surface area contributed by atoms with Crippen LogP contribution >= 0.6 is 0 Å². The number of hydrogen-bond donors (Lipinski definition) is 0. The summed E-state index contributed by atoms with van der Waals surface area (Å²) in [5.41, 5.74) is 3.47. The molecule has 2 rings (SSSR count). The Balaban J connectivity index is 2.15. The summed E-state index contributed by atoms with van der Waals surface area (Å²) in [7, 11) is 0. The molecule has 2 aliphatic rings. The smallest absolute Gasteiger partial charge is 0.0242 e. The molecule has 1 aliphatic heterocycles. The molecule has 0 unspecified atom stereocenters. The van der Waals surface area contributed by atoms with Gasteiger partial charge in [0, 0.05) is 18.6 Å². The standard InChI is InChI=1S/C11H17N/c1-11(2,3)12-7-9-5-4-6-10(9)8-12/h5-6H,4,7-8H2,1-3H3. The number of nitrogens with zero attached hydrogens (tertiary/aromatic N) is 1. The second-order valence-corrected chi connectivity index (χ2v) is 4.72. The van der Waals surface area contributed by atoms with E-state index >= 15 is 0 Å². The van der Waals surface area contributed by atoms with Crippen molar-refractivity contribution < 1.29 is 0 Å². The molecule has 0 aromatic rings. The zero-order chi connectivity index (χ0) is 8.77. The van der Waals surface area contributed by atoms with E-state index < -0.39 is 0 Å². The van der Waals surface area contributed by atoms with Gasteiger partial charge in [-0.05, 0) is 38.3 Å². The van der Waals surface area contributed by atoms with Crippen LogP contribution in [0.25, 0.3) is 0 Å². The van der Waals surface area contributed by atoms with Crippen LogP contribution < -0.4 is 0 Å². The Hall–Kier alpha value is -0.560. The van der Waals surface area contributed by atoms with E-state index in [1.165, 1.54) is 6.42 Å². The van der Waals surface area contributed by atoms with E-state index in [2.05, 4.69) is 37.8 Å². The van der Waals surface area contributed by atoms with Crippen LogP contribution in [0.4, 0.5) is 0 Å². The van der Waals surface area contributed by atoms with E-state index in [4.69, 9.17) is 0 Å². The molecular weight excluding hydrogens is 146 g/mol. The van der Waals surface area contributed by atoms with Crippen molar-refractivity contribution in [3.8, 4) is 0 Å². The minimum absolute atomic E-state index is 0.325. The molecule has 1 nitrogen and oxygen atoms in total. The minimum Gasteiger partial charge on any atom is -0.290 e. The third-order valence-electron chi connectivity index (χ3n) is 2.81. The van der Waals surface area contributed by atoms with E-state index in [9.17, 15) is 0 Å². The monoisotopic (exact) mass is 163 g/mol. The van der Waals surface area contributed by atoms with Gasteiger partial charge in [0.25, 0.3) is 0 Å². The highest BCUT2D eigenvalue weighted by atomic mass is 15.2. The molecule has 1 fully saturated rings. The Labute approximate surface area is 74.8 Å². The van der Waals surface area contributed by atoms with Crippen LogP contribution in [0.1, 0.15) is 27.2 Å². The van der Waals surface area contributed by atoms with Gasteiger partial charge < -0.3 is 0 Å². The first-order valence-corrected chi connectivity index (χ1v) is 4.71. The molecule has 0 radical (unpaired) electrons. The van der Waals surface area contributed by atoms with E-state index in [0.717, 1.165) is 13.1 Å². The maximum atomic E-state index is 2.53. The van der Waals surface area contributed by atoms with Crippen LogP contribution in [0.2, 0.25) is 0 Å². The van der Waals surface area contributed by atoms with Crippen molar-refractivity contribution in [1.82, 2.24) is 4.90 Å². The van der Waals surface area contributed by atoms with Gasteiger partial charge in [-0.25, -0.2) is 0 Å². The Kier molecular flexibility index (Phi) is 1.65. The van der Waals surface area contributed by atoms with Gasteiger partial charge >= 0.3 is 0 Å². The molecule has 0 saturated carbocycles. The molecule has 1 saturated heterocycles. The molecule has 0 spiro atoms. The third kappa shape index (κ3) is 1.22. The molecule has 1 aliphatic carbocycles. The Morgan fingerprint density at radius 2 is 1.58 bits per heavy atom. The highest BCUT2D eigenvalue weighted by Crippen LogP contribution is 2.31. The second kappa shape index (κ2) is 2.46. The number of fused-ring (bicyclic) bond motifs is 1. The first kappa shape index (κ1) is 8.06. The van der Waals surface area contributed by atoms with Crippen molar-refractivity contribution in [2.75, 3.05) is 13.1 Å². The van der Waals surface area contributed by atoms with Crippen molar-refractivity contribution in [1.29, 1.82) is 0 Å². The van der Waals surface area contributed by atoms with Crippen LogP contribution in [0.5, 0.6) is 0 Å². The topological polar surface area (TPSA) is 3.24 Å². The van der Waals surface area contributed by atoms with Crippen LogP contribution in [-0.4, -0.2) is 23.5 Å². The molecule has 0 bridgehead atoms. The lowest BCUT2D eigenvalue weighted by Gasteiger charge is -2.30. The average Bonchev–Trinajstić information content (AvgIpc) is 2.37. The summed E-state index contributed by atoms with van der Waals surface area (Å²) < 4.78 is 0. The van der Waals surface area contributed by atoms with Crippen LogP contribution in [0, 0.1) is 0 Å².